The van der Waals surface area contributed by atoms with E-state index in [2.05, 4.69) is 6.58 Å². The number of aromatic nitrogens is 1. The zero-order chi connectivity index (χ0) is 8.10. The number of hydrogen-bond acceptors (Lipinski definition) is 1. The van der Waals surface area contributed by atoms with Gasteiger partial charge >= 0.3 is 0 Å². The van der Waals surface area contributed by atoms with Gasteiger partial charge in [0.1, 0.15) is 0 Å². The molecule has 2 heteroatoms. The van der Waals surface area contributed by atoms with Gasteiger partial charge in [0.2, 0.25) is 0 Å². The van der Waals surface area contributed by atoms with E-state index >= 15 is 0 Å². The van der Waals surface area contributed by atoms with E-state index in [-0.39, 0.29) is 6.23 Å². The van der Waals surface area contributed by atoms with Crippen LogP contribution in [0.25, 0.3) is 0 Å². The fourth-order valence-electron chi connectivity index (χ4n) is 0.864. The molecular weight excluding hydrogens is 138 g/mol. The molecule has 11 heavy (non-hydrogen) atoms. The molecule has 0 bridgehead atoms. The fourth-order valence-corrected chi connectivity index (χ4v) is 0.864. The van der Waals surface area contributed by atoms with Gasteiger partial charge < -0.3 is 4.74 Å². The van der Waals surface area contributed by atoms with Crippen LogP contribution in [0.2, 0.25) is 0 Å². The standard InChI is InChI=1S/C9H12NO/c1-3-11-9(2)10-7-5-4-6-8-10/h3-9H,1H2,2H3/q+1. The summed E-state index contributed by atoms with van der Waals surface area (Å²) in [6, 6.07) is 5.89. The first-order valence-corrected chi connectivity index (χ1v) is 3.56. The van der Waals surface area contributed by atoms with E-state index in [1.54, 1.807) is 0 Å². The Morgan fingerprint density at radius 3 is 2.55 bits per heavy atom. The Labute approximate surface area is 66.7 Å². The number of nitrogens with zero attached hydrogens (tertiary/aromatic N) is 1. The van der Waals surface area contributed by atoms with Crippen LogP contribution in [0, 0.1) is 0 Å². The minimum absolute atomic E-state index is 0.0219. The van der Waals surface area contributed by atoms with E-state index in [4.69, 9.17) is 4.74 Å². The molecule has 0 aromatic carbocycles. The van der Waals surface area contributed by atoms with Crippen LogP contribution >= 0.6 is 0 Å². The molecule has 0 amide bonds. The molecule has 1 atom stereocenters. The molecule has 0 saturated heterocycles. The number of pyridine rings is 1. The summed E-state index contributed by atoms with van der Waals surface area (Å²) in [4.78, 5) is 0. The highest BCUT2D eigenvalue weighted by molar-refractivity contribution is 4.83. The third-order valence-electron chi connectivity index (χ3n) is 1.45. The van der Waals surface area contributed by atoms with Gasteiger partial charge in [0, 0.05) is 19.1 Å². The van der Waals surface area contributed by atoms with Crippen LogP contribution in [0.3, 0.4) is 0 Å². The second-order valence-electron chi connectivity index (χ2n) is 2.22. The zero-order valence-corrected chi connectivity index (χ0v) is 6.60. The van der Waals surface area contributed by atoms with Gasteiger partial charge in [-0.2, -0.15) is 4.57 Å². The van der Waals surface area contributed by atoms with Gasteiger partial charge in [-0.05, 0) is 0 Å². The number of hydrogen-bond donors (Lipinski definition) is 0. The average molecular weight is 150 g/mol. The Balaban J connectivity index is 2.68. The van der Waals surface area contributed by atoms with Gasteiger partial charge in [0.15, 0.2) is 12.4 Å². The molecule has 1 heterocycles. The van der Waals surface area contributed by atoms with E-state index < -0.39 is 0 Å². The van der Waals surface area contributed by atoms with E-state index in [0.717, 1.165) is 0 Å². The van der Waals surface area contributed by atoms with E-state index in [0.29, 0.717) is 0 Å². The van der Waals surface area contributed by atoms with Crippen molar-refractivity contribution < 1.29 is 9.30 Å². The van der Waals surface area contributed by atoms with Crippen LogP contribution in [-0.2, 0) is 4.74 Å². The SMILES string of the molecule is C=COC(C)[n+]1ccccc1. The summed E-state index contributed by atoms with van der Waals surface area (Å²) in [5.74, 6) is 0. The summed E-state index contributed by atoms with van der Waals surface area (Å²) >= 11 is 0. The first-order chi connectivity index (χ1) is 5.34. The van der Waals surface area contributed by atoms with Gasteiger partial charge in [-0.3, -0.25) is 0 Å². The molecule has 0 N–H and O–H groups in total. The Bertz CT molecular complexity index is 220. The van der Waals surface area contributed by atoms with Crippen LogP contribution < -0.4 is 4.57 Å². The van der Waals surface area contributed by atoms with E-state index in [1.807, 2.05) is 42.1 Å². The van der Waals surface area contributed by atoms with Gasteiger partial charge in [-0.25, -0.2) is 0 Å². The zero-order valence-electron chi connectivity index (χ0n) is 6.60. The Morgan fingerprint density at radius 1 is 1.36 bits per heavy atom. The molecule has 2 nitrogen and oxygen atoms in total. The highest BCUT2D eigenvalue weighted by Crippen LogP contribution is 1.95. The summed E-state index contributed by atoms with van der Waals surface area (Å²) in [5.41, 5.74) is 0. The van der Waals surface area contributed by atoms with Crippen molar-refractivity contribution in [3.63, 3.8) is 0 Å². The first kappa shape index (κ1) is 7.79. The van der Waals surface area contributed by atoms with Crippen LogP contribution in [-0.4, -0.2) is 0 Å². The third kappa shape index (κ3) is 2.08. The van der Waals surface area contributed by atoms with Crippen LogP contribution in [0.15, 0.2) is 43.4 Å². The topological polar surface area (TPSA) is 13.1 Å². The van der Waals surface area contributed by atoms with Gasteiger partial charge in [-0.1, -0.05) is 12.6 Å². The lowest BCUT2D eigenvalue weighted by Crippen LogP contribution is -2.37. The molecule has 0 spiro atoms. The average Bonchev–Trinajstić information content (AvgIpc) is 2.07. The summed E-state index contributed by atoms with van der Waals surface area (Å²) in [5, 5.41) is 0. The van der Waals surface area contributed by atoms with Crippen molar-refractivity contribution in [3.8, 4) is 0 Å². The van der Waals surface area contributed by atoms with Gasteiger partial charge in [-0.15, -0.1) is 0 Å². The van der Waals surface area contributed by atoms with Crippen molar-refractivity contribution in [2.45, 2.75) is 13.2 Å². The van der Waals surface area contributed by atoms with Gasteiger partial charge in [0.05, 0.1) is 6.26 Å². The summed E-state index contributed by atoms with van der Waals surface area (Å²) in [7, 11) is 0. The minimum atomic E-state index is 0.0219. The molecule has 0 aliphatic rings. The summed E-state index contributed by atoms with van der Waals surface area (Å²) in [6.07, 6.45) is 5.38. The fraction of sp³-hybridized carbons (Fsp3) is 0.222. The number of ether oxygens (including phenoxy) is 1. The lowest BCUT2D eigenvalue weighted by atomic mass is 10.5. The molecule has 1 aromatic rings. The normalized spacial score (nSPS) is 12.1. The van der Waals surface area contributed by atoms with Gasteiger partial charge in [0.25, 0.3) is 6.23 Å². The third-order valence-corrected chi connectivity index (χ3v) is 1.45. The van der Waals surface area contributed by atoms with E-state index in [1.165, 1.54) is 6.26 Å². The summed E-state index contributed by atoms with van der Waals surface area (Å²) < 4.78 is 7.11. The molecule has 1 rings (SSSR count). The largest absolute Gasteiger partial charge is 0.442 e. The quantitative estimate of drug-likeness (QED) is 0.471. The monoisotopic (exact) mass is 150 g/mol. The Hall–Kier alpha value is -1.31. The molecule has 0 aliphatic heterocycles. The second-order valence-corrected chi connectivity index (χ2v) is 2.22. The highest BCUT2D eigenvalue weighted by atomic mass is 16.5. The molecule has 0 aliphatic carbocycles. The second kappa shape index (κ2) is 3.76. The minimum Gasteiger partial charge on any atom is -0.442 e. The molecule has 0 radical (unpaired) electrons. The number of rotatable bonds is 3. The Kier molecular flexibility index (Phi) is 2.66. The molecule has 0 fully saturated rings. The molecule has 0 saturated carbocycles. The van der Waals surface area contributed by atoms with Crippen molar-refractivity contribution in [1.29, 1.82) is 0 Å². The van der Waals surface area contributed by atoms with Crippen molar-refractivity contribution in [2.24, 2.45) is 0 Å². The lowest BCUT2D eigenvalue weighted by molar-refractivity contribution is -0.754. The smallest absolute Gasteiger partial charge is 0.297 e. The first-order valence-electron chi connectivity index (χ1n) is 3.56. The Morgan fingerprint density at radius 2 is 2.00 bits per heavy atom. The molecular formula is C9H12NO+. The van der Waals surface area contributed by atoms with Crippen molar-refractivity contribution >= 4 is 0 Å². The predicted octanol–water partition coefficient (Wildman–Crippen LogP) is 1.65. The maximum Gasteiger partial charge on any atom is 0.297 e. The molecule has 1 aromatic heterocycles. The van der Waals surface area contributed by atoms with Crippen molar-refractivity contribution in [1.82, 2.24) is 0 Å². The van der Waals surface area contributed by atoms with Crippen molar-refractivity contribution in [3.05, 3.63) is 43.4 Å². The maximum absolute atomic E-state index is 5.15. The van der Waals surface area contributed by atoms with Crippen LogP contribution in [0.5, 0.6) is 0 Å². The van der Waals surface area contributed by atoms with Crippen LogP contribution in [0.1, 0.15) is 13.2 Å². The summed E-state index contributed by atoms with van der Waals surface area (Å²) in [6.45, 7) is 5.45. The lowest BCUT2D eigenvalue weighted by Gasteiger charge is -2.04. The maximum atomic E-state index is 5.15. The predicted molar refractivity (Wildman–Crippen MR) is 42.6 cm³/mol. The van der Waals surface area contributed by atoms with E-state index in [9.17, 15) is 0 Å². The van der Waals surface area contributed by atoms with Crippen LogP contribution in [0.4, 0.5) is 0 Å². The van der Waals surface area contributed by atoms with Crippen molar-refractivity contribution in [2.75, 3.05) is 0 Å². The molecule has 1 unspecified atom stereocenters. The highest BCUT2D eigenvalue weighted by Gasteiger charge is 2.07. The molecule has 58 valence electrons.